The van der Waals surface area contributed by atoms with Gasteiger partial charge in [-0.25, -0.2) is 0 Å². The maximum atomic E-state index is 11.1. The number of nitrogens with two attached hydrogens (primary N) is 2. The summed E-state index contributed by atoms with van der Waals surface area (Å²) in [5.41, 5.74) is 14.4. The fourth-order valence-electron chi connectivity index (χ4n) is 2.29. The molecule has 0 aromatic heterocycles. The fourth-order valence-corrected chi connectivity index (χ4v) is 2.29. The van der Waals surface area contributed by atoms with Crippen LogP contribution in [0.4, 0.5) is 5.69 Å². The van der Waals surface area contributed by atoms with Crippen LogP contribution in [0.15, 0.2) is 54.6 Å². The van der Waals surface area contributed by atoms with E-state index in [0.717, 1.165) is 11.1 Å². The quantitative estimate of drug-likeness (QED) is 0.726. The SMILES string of the molecule is Cl.Cl.Nc1ccc(C(CC(=O)O)C(N)c2ccccc2)cc1. The monoisotopic (exact) mass is 342 g/mol. The molecule has 2 aromatic rings. The highest BCUT2D eigenvalue weighted by atomic mass is 35.5. The summed E-state index contributed by atoms with van der Waals surface area (Å²) in [6.45, 7) is 0. The third-order valence-corrected chi connectivity index (χ3v) is 3.38. The minimum Gasteiger partial charge on any atom is -0.481 e. The van der Waals surface area contributed by atoms with Crippen molar-refractivity contribution in [2.75, 3.05) is 5.73 Å². The summed E-state index contributed by atoms with van der Waals surface area (Å²) >= 11 is 0. The van der Waals surface area contributed by atoms with Gasteiger partial charge >= 0.3 is 5.97 Å². The van der Waals surface area contributed by atoms with Crippen LogP contribution in [0, 0.1) is 0 Å². The lowest BCUT2D eigenvalue weighted by Gasteiger charge is -2.23. The Morgan fingerprint density at radius 1 is 0.955 bits per heavy atom. The molecule has 0 saturated carbocycles. The van der Waals surface area contributed by atoms with Crippen molar-refractivity contribution in [1.29, 1.82) is 0 Å². The topological polar surface area (TPSA) is 89.3 Å². The van der Waals surface area contributed by atoms with E-state index in [0.29, 0.717) is 5.69 Å². The maximum absolute atomic E-state index is 11.1. The third-order valence-electron chi connectivity index (χ3n) is 3.38. The predicted octanol–water partition coefficient (Wildman–Crippen LogP) is 3.37. The number of halogens is 2. The van der Waals surface area contributed by atoms with Gasteiger partial charge in [0.15, 0.2) is 0 Å². The van der Waals surface area contributed by atoms with Gasteiger partial charge in [-0.15, -0.1) is 24.8 Å². The molecule has 0 spiro atoms. The standard InChI is InChI=1S/C16H18N2O2.2ClH/c17-13-8-6-11(7-9-13)14(10-15(19)20)16(18)12-4-2-1-3-5-12;;/h1-9,14,16H,10,17-18H2,(H,19,20);2*1H. The van der Waals surface area contributed by atoms with Crippen molar-refractivity contribution in [3.05, 3.63) is 65.7 Å². The van der Waals surface area contributed by atoms with Crippen molar-refractivity contribution < 1.29 is 9.90 Å². The summed E-state index contributed by atoms with van der Waals surface area (Å²) in [5, 5.41) is 9.12. The van der Waals surface area contributed by atoms with Gasteiger partial charge in [-0.3, -0.25) is 4.79 Å². The summed E-state index contributed by atoms with van der Waals surface area (Å²) in [6.07, 6.45) is -0.0139. The van der Waals surface area contributed by atoms with E-state index in [-0.39, 0.29) is 43.2 Å². The van der Waals surface area contributed by atoms with E-state index in [1.807, 2.05) is 42.5 Å². The number of carboxylic acids is 1. The van der Waals surface area contributed by atoms with Crippen LogP contribution in [0.2, 0.25) is 0 Å². The molecule has 5 N–H and O–H groups in total. The highest BCUT2D eigenvalue weighted by Crippen LogP contribution is 2.32. The van der Waals surface area contributed by atoms with Crippen LogP contribution in [0.1, 0.15) is 29.5 Å². The van der Waals surface area contributed by atoms with E-state index in [2.05, 4.69) is 0 Å². The van der Waals surface area contributed by atoms with Crippen LogP contribution in [0.25, 0.3) is 0 Å². The van der Waals surface area contributed by atoms with Gasteiger partial charge in [-0.1, -0.05) is 42.5 Å². The number of rotatable bonds is 5. The lowest BCUT2D eigenvalue weighted by Crippen LogP contribution is -2.22. The van der Waals surface area contributed by atoms with E-state index in [4.69, 9.17) is 16.6 Å². The molecule has 6 heteroatoms. The smallest absolute Gasteiger partial charge is 0.304 e. The molecule has 4 nitrogen and oxygen atoms in total. The number of hydrogen-bond donors (Lipinski definition) is 3. The molecular formula is C16H20Cl2N2O2. The van der Waals surface area contributed by atoms with Crippen LogP contribution >= 0.6 is 24.8 Å². The van der Waals surface area contributed by atoms with E-state index in [1.54, 1.807) is 12.1 Å². The first-order valence-corrected chi connectivity index (χ1v) is 6.45. The number of hydrogen-bond acceptors (Lipinski definition) is 3. The molecule has 0 amide bonds. The molecule has 22 heavy (non-hydrogen) atoms. The molecule has 2 aromatic carbocycles. The van der Waals surface area contributed by atoms with Gasteiger partial charge < -0.3 is 16.6 Å². The minimum atomic E-state index is -0.863. The van der Waals surface area contributed by atoms with Crippen LogP contribution < -0.4 is 11.5 Å². The first kappa shape index (κ1) is 20.2. The number of benzene rings is 2. The molecule has 2 unspecified atom stereocenters. The molecule has 0 heterocycles. The Morgan fingerprint density at radius 2 is 1.50 bits per heavy atom. The zero-order valence-electron chi connectivity index (χ0n) is 11.9. The predicted molar refractivity (Wildman–Crippen MR) is 93.7 cm³/mol. The second-order valence-electron chi connectivity index (χ2n) is 4.81. The van der Waals surface area contributed by atoms with Crippen molar-refractivity contribution in [3.63, 3.8) is 0 Å². The first-order chi connectivity index (χ1) is 9.58. The molecule has 120 valence electrons. The fraction of sp³-hybridized carbons (Fsp3) is 0.188. The molecule has 0 radical (unpaired) electrons. The Labute approximate surface area is 142 Å². The van der Waals surface area contributed by atoms with E-state index in [1.165, 1.54) is 0 Å². The number of carbonyl (C=O) groups is 1. The average Bonchev–Trinajstić information content (AvgIpc) is 2.46. The Balaban J connectivity index is 0.00000220. The Bertz CT molecular complexity index is 576. The molecule has 0 aliphatic carbocycles. The largest absolute Gasteiger partial charge is 0.481 e. The van der Waals surface area contributed by atoms with Crippen LogP contribution in [-0.4, -0.2) is 11.1 Å². The van der Waals surface area contributed by atoms with Gasteiger partial charge in [-0.05, 0) is 23.3 Å². The molecule has 0 bridgehead atoms. The molecule has 0 fully saturated rings. The zero-order chi connectivity index (χ0) is 14.5. The second-order valence-corrected chi connectivity index (χ2v) is 4.81. The van der Waals surface area contributed by atoms with Crippen molar-refractivity contribution in [3.8, 4) is 0 Å². The van der Waals surface area contributed by atoms with Crippen molar-refractivity contribution in [1.82, 2.24) is 0 Å². The molecule has 2 atom stereocenters. The van der Waals surface area contributed by atoms with E-state index >= 15 is 0 Å². The van der Waals surface area contributed by atoms with Gasteiger partial charge in [0.2, 0.25) is 0 Å². The zero-order valence-corrected chi connectivity index (χ0v) is 13.5. The number of anilines is 1. The molecule has 2 rings (SSSR count). The molecule has 0 aliphatic heterocycles. The molecule has 0 saturated heterocycles. The summed E-state index contributed by atoms with van der Waals surface area (Å²) in [4.78, 5) is 11.1. The number of nitrogen functional groups attached to an aromatic ring is 1. The average molecular weight is 343 g/mol. The maximum Gasteiger partial charge on any atom is 0.304 e. The normalized spacial score (nSPS) is 12.4. The lowest BCUT2D eigenvalue weighted by atomic mass is 9.85. The summed E-state index contributed by atoms with van der Waals surface area (Å²) in [5.74, 6) is -1.14. The summed E-state index contributed by atoms with van der Waals surface area (Å²) < 4.78 is 0. The van der Waals surface area contributed by atoms with Crippen molar-refractivity contribution in [2.45, 2.75) is 18.4 Å². The van der Waals surface area contributed by atoms with Crippen molar-refractivity contribution >= 4 is 36.5 Å². The van der Waals surface area contributed by atoms with Gasteiger partial charge in [0.05, 0.1) is 6.42 Å². The van der Waals surface area contributed by atoms with Gasteiger partial charge in [0.25, 0.3) is 0 Å². The lowest BCUT2D eigenvalue weighted by molar-refractivity contribution is -0.137. The van der Waals surface area contributed by atoms with E-state index in [9.17, 15) is 4.79 Å². The van der Waals surface area contributed by atoms with Crippen LogP contribution in [0.3, 0.4) is 0 Å². The first-order valence-electron chi connectivity index (χ1n) is 6.45. The van der Waals surface area contributed by atoms with Crippen LogP contribution in [-0.2, 0) is 4.79 Å². The van der Waals surface area contributed by atoms with Crippen molar-refractivity contribution in [2.24, 2.45) is 5.73 Å². The second kappa shape index (κ2) is 9.30. The molecule has 0 aliphatic rings. The minimum absolute atomic E-state index is 0. The van der Waals surface area contributed by atoms with E-state index < -0.39 is 5.97 Å². The highest BCUT2D eigenvalue weighted by Gasteiger charge is 2.24. The van der Waals surface area contributed by atoms with Gasteiger partial charge in [-0.2, -0.15) is 0 Å². The van der Waals surface area contributed by atoms with Gasteiger partial charge in [0.1, 0.15) is 0 Å². The number of carboxylic acid groups (broad SMARTS) is 1. The van der Waals surface area contributed by atoms with Gasteiger partial charge in [0, 0.05) is 17.6 Å². The Morgan fingerprint density at radius 3 is 2.00 bits per heavy atom. The molecular weight excluding hydrogens is 323 g/mol. The Kier molecular flexibility index (Phi) is 8.56. The number of aliphatic carboxylic acids is 1. The summed E-state index contributed by atoms with van der Waals surface area (Å²) in [6, 6.07) is 16.4. The van der Waals surface area contributed by atoms with Crippen LogP contribution in [0.5, 0.6) is 0 Å². The summed E-state index contributed by atoms with van der Waals surface area (Å²) in [7, 11) is 0. The Hall–Kier alpha value is -1.75. The highest BCUT2D eigenvalue weighted by molar-refractivity contribution is 5.85. The third kappa shape index (κ3) is 5.22.